The Morgan fingerprint density at radius 1 is 1.21 bits per heavy atom. The molecule has 0 N–H and O–H groups in total. The van der Waals surface area contributed by atoms with E-state index in [1.165, 1.54) is 12.1 Å². The summed E-state index contributed by atoms with van der Waals surface area (Å²) in [6, 6.07) is 6.49. The van der Waals surface area contributed by atoms with E-state index in [1.54, 1.807) is 19.1 Å². The first-order chi connectivity index (χ1) is 9.01. The van der Waals surface area contributed by atoms with Crippen LogP contribution in [0.3, 0.4) is 0 Å². The molecule has 1 heterocycles. The van der Waals surface area contributed by atoms with Gasteiger partial charge in [-0.15, -0.1) is 0 Å². The normalized spacial score (nSPS) is 18.6. The fraction of sp³-hybridized carbons (Fsp3) is 0.571. The van der Waals surface area contributed by atoms with Crippen LogP contribution >= 0.6 is 0 Å². The van der Waals surface area contributed by atoms with Crippen molar-refractivity contribution >= 4 is 9.84 Å². The number of nitrogens with zero attached hydrogens (tertiary/aromatic N) is 1. The Balaban J connectivity index is 1.89. The maximum absolute atomic E-state index is 12.8. The Morgan fingerprint density at radius 3 is 2.32 bits per heavy atom. The Labute approximate surface area is 114 Å². The summed E-state index contributed by atoms with van der Waals surface area (Å²) in [5, 5.41) is -0.179. The molecule has 0 saturated carbocycles. The highest BCUT2D eigenvalue weighted by atomic mass is 32.2. The predicted molar refractivity (Wildman–Crippen MR) is 74.2 cm³/mol. The van der Waals surface area contributed by atoms with E-state index < -0.39 is 9.84 Å². The van der Waals surface area contributed by atoms with Gasteiger partial charge in [0.2, 0.25) is 0 Å². The van der Waals surface area contributed by atoms with Gasteiger partial charge in [0.15, 0.2) is 9.84 Å². The molecule has 0 unspecified atom stereocenters. The monoisotopic (exact) mass is 285 g/mol. The van der Waals surface area contributed by atoms with Gasteiger partial charge >= 0.3 is 0 Å². The largest absolute Gasteiger partial charge is 0.299 e. The van der Waals surface area contributed by atoms with Crippen molar-refractivity contribution in [2.75, 3.05) is 18.8 Å². The lowest BCUT2D eigenvalue weighted by Gasteiger charge is -2.31. The molecule has 0 atom stereocenters. The first-order valence-corrected chi connectivity index (χ1v) is 8.41. The van der Waals surface area contributed by atoms with E-state index in [0.717, 1.165) is 25.2 Å². The topological polar surface area (TPSA) is 37.4 Å². The molecular weight excluding hydrogens is 265 g/mol. The first-order valence-electron chi connectivity index (χ1n) is 6.69. The van der Waals surface area contributed by atoms with Gasteiger partial charge in [0.25, 0.3) is 0 Å². The van der Waals surface area contributed by atoms with E-state index in [2.05, 4.69) is 4.90 Å². The third kappa shape index (κ3) is 3.76. The second kappa shape index (κ2) is 6.01. The van der Waals surface area contributed by atoms with Gasteiger partial charge in [-0.25, -0.2) is 12.8 Å². The summed E-state index contributed by atoms with van der Waals surface area (Å²) in [6.07, 6.45) is 1.41. The SMILES string of the molecule is CCS(=O)(=O)C1CCN(Cc2ccc(F)cc2)CC1. The minimum absolute atomic E-state index is 0.179. The maximum atomic E-state index is 12.8. The van der Waals surface area contributed by atoms with Gasteiger partial charge in [-0.3, -0.25) is 4.90 Å². The van der Waals surface area contributed by atoms with Gasteiger partial charge in [-0.1, -0.05) is 19.1 Å². The highest BCUT2D eigenvalue weighted by Crippen LogP contribution is 2.20. The molecule has 19 heavy (non-hydrogen) atoms. The van der Waals surface area contributed by atoms with E-state index >= 15 is 0 Å². The van der Waals surface area contributed by atoms with Crippen molar-refractivity contribution in [3.8, 4) is 0 Å². The van der Waals surface area contributed by atoms with Crippen molar-refractivity contribution in [2.45, 2.75) is 31.6 Å². The third-order valence-electron chi connectivity index (χ3n) is 3.76. The van der Waals surface area contributed by atoms with Crippen LogP contribution < -0.4 is 0 Å². The Morgan fingerprint density at radius 2 is 1.79 bits per heavy atom. The molecule has 5 heteroatoms. The van der Waals surface area contributed by atoms with Crippen LogP contribution in [0.15, 0.2) is 24.3 Å². The van der Waals surface area contributed by atoms with Gasteiger partial charge in [-0.2, -0.15) is 0 Å². The van der Waals surface area contributed by atoms with Gasteiger partial charge in [0.1, 0.15) is 5.82 Å². The fourth-order valence-corrected chi connectivity index (χ4v) is 3.91. The lowest BCUT2D eigenvalue weighted by molar-refractivity contribution is 0.222. The molecule has 1 aromatic rings. The number of hydrogen-bond donors (Lipinski definition) is 0. The van der Waals surface area contributed by atoms with Crippen LogP contribution in [-0.4, -0.2) is 37.4 Å². The average molecular weight is 285 g/mol. The molecule has 0 spiro atoms. The zero-order valence-corrected chi connectivity index (χ0v) is 12.0. The molecule has 3 nitrogen and oxygen atoms in total. The molecule has 1 saturated heterocycles. The Hall–Kier alpha value is -0.940. The molecule has 1 fully saturated rings. The summed E-state index contributed by atoms with van der Waals surface area (Å²) in [6.45, 7) is 4.06. The van der Waals surface area contributed by atoms with Crippen LogP contribution in [0.1, 0.15) is 25.3 Å². The fourth-order valence-electron chi connectivity index (χ4n) is 2.51. The van der Waals surface area contributed by atoms with E-state index in [1.807, 2.05) is 0 Å². The molecule has 2 rings (SSSR count). The quantitative estimate of drug-likeness (QED) is 0.851. The second-order valence-electron chi connectivity index (χ2n) is 5.05. The summed E-state index contributed by atoms with van der Waals surface area (Å²) in [5.41, 5.74) is 1.07. The molecule has 0 aliphatic carbocycles. The minimum Gasteiger partial charge on any atom is -0.299 e. The number of sulfone groups is 1. The molecular formula is C14H20FNO2S. The van der Waals surface area contributed by atoms with Gasteiger partial charge in [0, 0.05) is 12.3 Å². The molecule has 0 bridgehead atoms. The lowest BCUT2D eigenvalue weighted by atomic mass is 10.1. The Kier molecular flexibility index (Phi) is 4.58. The maximum Gasteiger partial charge on any atom is 0.152 e. The van der Waals surface area contributed by atoms with Crippen molar-refractivity contribution in [3.63, 3.8) is 0 Å². The van der Waals surface area contributed by atoms with E-state index in [9.17, 15) is 12.8 Å². The molecule has 1 aliphatic heterocycles. The third-order valence-corrected chi connectivity index (χ3v) is 6.06. The number of hydrogen-bond acceptors (Lipinski definition) is 3. The molecule has 106 valence electrons. The number of likely N-dealkylation sites (tertiary alicyclic amines) is 1. The van der Waals surface area contributed by atoms with Crippen LogP contribution in [-0.2, 0) is 16.4 Å². The van der Waals surface area contributed by atoms with Crippen molar-refractivity contribution in [3.05, 3.63) is 35.6 Å². The van der Waals surface area contributed by atoms with Crippen molar-refractivity contribution in [1.29, 1.82) is 0 Å². The van der Waals surface area contributed by atoms with E-state index in [0.29, 0.717) is 12.8 Å². The minimum atomic E-state index is -2.90. The van der Waals surface area contributed by atoms with Crippen LogP contribution in [0, 0.1) is 5.82 Å². The smallest absolute Gasteiger partial charge is 0.152 e. The van der Waals surface area contributed by atoms with Crippen molar-refractivity contribution in [1.82, 2.24) is 4.90 Å². The molecule has 1 aromatic carbocycles. The van der Waals surface area contributed by atoms with Gasteiger partial charge in [0.05, 0.1) is 5.25 Å². The van der Waals surface area contributed by atoms with E-state index in [4.69, 9.17) is 0 Å². The highest BCUT2D eigenvalue weighted by Gasteiger charge is 2.28. The Bertz CT molecular complexity index is 505. The lowest BCUT2D eigenvalue weighted by Crippen LogP contribution is -2.39. The van der Waals surface area contributed by atoms with Crippen LogP contribution in [0.5, 0.6) is 0 Å². The zero-order valence-electron chi connectivity index (χ0n) is 11.2. The van der Waals surface area contributed by atoms with Crippen molar-refractivity contribution < 1.29 is 12.8 Å². The van der Waals surface area contributed by atoms with Crippen LogP contribution in [0.4, 0.5) is 4.39 Å². The van der Waals surface area contributed by atoms with Crippen LogP contribution in [0.25, 0.3) is 0 Å². The van der Waals surface area contributed by atoms with Gasteiger partial charge in [-0.05, 0) is 43.6 Å². The summed E-state index contributed by atoms with van der Waals surface area (Å²) >= 11 is 0. The summed E-state index contributed by atoms with van der Waals surface area (Å²) in [5.74, 6) is 0.00631. The summed E-state index contributed by atoms with van der Waals surface area (Å²) in [4.78, 5) is 2.23. The first kappa shape index (κ1) is 14.5. The van der Waals surface area contributed by atoms with E-state index in [-0.39, 0.29) is 16.8 Å². The highest BCUT2D eigenvalue weighted by molar-refractivity contribution is 7.92. The number of benzene rings is 1. The second-order valence-corrected chi connectivity index (χ2v) is 7.62. The average Bonchev–Trinajstić information content (AvgIpc) is 2.42. The summed E-state index contributed by atoms with van der Waals surface area (Å²) in [7, 11) is -2.90. The summed E-state index contributed by atoms with van der Waals surface area (Å²) < 4.78 is 36.4. The molecule has 0 aromatic heterocycles. The number of halogens is 1. The standard InChI is InChI=1S/C14H20FNO2S/c1-2-19(17,18)14-7-9-16(10-8-14)11-12-3-5-13(15)6-4-12/h3-6,14H,2,7-11H2,1H3. The predicted octanol–water partition coefficient (Wildman–Crippen LogP) is 2.22. The van der Waals surface area contributed by atoms with Gasteiger partial charge < -0.3 is 0 Å². The molecule has 0 radical (unpaired) electrons. The molecule has 0 amide bonds. The number of rotatable bonds is 4. The van der Waals surface area contributed by atoms with Crippen LogP contribution in [0.2, 0.25) is 0 Å². The number of piperidine rings is 1. The van der Waals surface area contributed by atoms with Crippen molar-refractivity contribution in [2.24, 2.45) is 0 Å². The zero-order chi connectivity index (χ0) is 13.9. The molecule has 1 aliphatic rings.